The van der Waals surface area contributed by atoms with Gasteiger partial charge in [-0.25, -0.2) is 9.07 Å². The fourth-order valence-electron chi connectivity index (χ4n) is 4.87. The maximum atomic E-state index is 14.3. The molecule has 144 valence electrons. The van der Waals surface area contributed by atoms with Gasteiger partial charge in [-0.2, -0.15) is 5.10 Å². The molecule has 7 heteroatoms. The average molecular weight is 391 g/mol. The van der Waals surface area contributed by atoms with E-state index in [1.807, 2.05) is 0 Å². The van der Waals surface area contributed by atoms with Crippen molar-refractivity contribution >= 4 is 18.3 Å². The zero-order valence-electron chi connectivity index (χ0n) is 15.1. The third kappa shape index (κ3) is 3.25. The fraction of sp³-hybridized carbons (Fsp3) is 0.500. The summed E-state index contributed by atoms with van der Waals surface area (Å²) in [6.45, 7) is 0. The number of halogens is 2. The molecule has 1 amide bonds. The molecule has 2 unspecified atom stereocenters. The standard InChI is InChI=1S/C20H23FN4O.ClH/c21-16-5-1-2-6-18(16)25-17-7-3-4-15(17)19(24-25)20(26)23-14-10-12-8-9-13(11-14)22-12;/h1-2,5-6,12-14,22H,3-4,7-11H2,(H,23,26);1H. The SMILES string of the molecule is Cl.O=C(NC1CC2CCC(C1)N2)c1nn(-c2ccccc2F)c2c1CCC2. The van der Waals surface area contributed by atoms with E-state index < -0.39 is 0 Å². The highest BCUT2D eigenvalue weighted by molar-refractivity contribution is 5.94. The maximum Gasteiger partial charge on any atom is 0.272 e. The highest BCUT2D eigenvalue weighted by atomic mass is 35.5. The summed E-state index contributed by atoms with van der Waals surface area (Å²) in [4.78, 5) is 12.9. The smallest absolute Gasteiger partial charge is 0.272 e. The van der Waals surface area contributed by atoms with Crippen LogP contribution in [0.2, 0.25) is 0 Å². The van der Waals surface area contributed by atoms with Crippen LogP contribution in [0, 0.1) is 5.82 Å². The minimum atomic E-state index is -0.313. The minimum Gasteiger partial charge on any atom is -0.348 e. The van der Waals surface area contributed by atoms with Gasteiger partial charge in [0.15, 0.2) is 5.69 Å². The summed E-state index contributed by atoms with van der Waals surface area (Å²) < 4.78 is 15.9. The molecule has 0 radical (unpaired) electrons. The summed E-state index contributed by atoms with van der Waals surface area (Å²) >= 11 is 0. The third-order valence-corrected chi connectivity index (χ3v) is 6.03. The van der Waals surface area contributed by atoms with Crippen LogP contribution >= 0.6 is 12.4 Å². The Balaban J connectivity index is 0.00000180. The van der Waals surface area contributed by atoms with E-state index in [2.05, 4.69) is 15.7 Å². The lowest BCUT2D eigenvalue weighted by atomic mass is 9.99. The molecule has 27 heavy (non-hydrogen) atoms. The van der Waals surface area contributed by atoms with E-state index in [-0.39, 0.29) is 30.2 Å². The van der Waals surface area contributed by atoms with Gasteiger partial charge in [0.1, 0.15) is 11.5 Å². The molecule has 1 aliphatic carbocycles. The van der Waals surface area contributed by atoms with Gasteiger partial charge >= 0.3 is 0 Å². The summed E-state index contributed by atoms with van der Waals surface area (Å²) in [6.07, 6.45) is 7.03. The Morgan fingerprint density at radius 2 is 1.93 bits per heavy atom. The van der Waals surface area contributed by atoms with Crippen molar-refractivity contribution in [1.29, 1.82) is 0 Å². The summed E-state index contributed by atoms with van der Waals surface area (Å²) in [6, 6.07) is 7.88. The van der Waals surface area contributed by atoms with Gasteiger partial charge in [-0.1, -0.05) is 12.1 Å². The van der Waals surface area contributed by atoms with E-state index in [4.69, 9.17) is 0 Å². The van der Waals surface area contributed by atoms with Gasteiger partial charge in [0.05, 0.1) is 0 Å². The quantitative estimate of drug-likeness (QED) is 0.847. The second-order valence-corrected chi connectivity index (χ2v) is 7.77. The topological polar surface area (TPSA) is 59.0 Å². The van der Waals surface area contributed by atoms with Crippen molar-refractivity contribution in [3.8, 4) is 5.69 Å². The number of carbonyl (C=O) groups is 1. The number of rotatable bonds is 3. The number of hydrogen-bond acceptors (Lipinski definition) is 3. The van der Waals surface area contributed by atoms with Gasteiger partial charge in [-0.05, 0) is 57.1 Å². The Bertz CT molecular complexity index is 856. The number of hydrogen-bond donors (Lipinski definition) is 2. The van der Waals surface area contributed by atoms with Crippen LogP contribution in [0.15, 0.2) is 24.3 Å². The second-order valence-electron chi connectivity index (χ2n) is 7.77. The Morgan fingerprint density at radius 3 is 2.67 bits per heavy atom. The molecular formula is C20H24ClFN4O. The molecule has 0 spiro atoms. The number of para-hydroxylation sites is 1. The zero-order valence-corrected chi connectivity index (χ0v) is 15.9. The number of benzene rings is 1. The van der Waals surface area contributed by atoms with Gasteiger partial charge in [-0.15, -0.1) is 12.4 Å². The third-order valence-electron chi connectivity index (χ3n) is 6.03. The largest absolute Gasteiger partial charge is 0.348 e. The predicted molar refractivity (Wildman–Crippen MR) is 103 cm³/mol. The van der Waals surface area contributed by atoms with E-state index in [9.17, 15) is 9.18 Å². The molecule has 5 rings (SSSR count). The average Bonchev–Trinajstić information content (AvgIpc) is 3.31. The van der Waals surface area contributed by atoms with Gasteiger partial charge in [0.25, 0.3) is 5.91 Å². The van der Waals surface area contributed by atoms with Crippen LogP contribution in [0.5, 0.6) is 0 Å². The van der Waals surface area contributed by atoms with E-state index in [1.165, 1.54) is 18.9 Å². The molecule has 3 heterocycles. The van der Waals surface area contributed by atoms with Crippen LogP contribution < -0.4 is 10.6 Å². The molecule has 0 saturated carbocycles. The number of nitrogens with zero attached hydrogens (tertiary/aromatic N) is 2. The molecule has 2 fully saturated rings. The van der Waals surface area contributed by atoms with Crippen molar-refractivity contribution in [3.63, 3.8) is 0 Å². The maximum absolute atomic E-state index is 14.3. The summed E-state index contributed by atoms with van der Waals surface area (Å²) in [7, 11) is 0. The highest BCUT2D eigenvalue weighted by Gasteiger charge is 2.35. The number of amides is 1. The molecule has 1 aromatic heterocycles. The zero-order chi connectivity index (χ0) is 17.7. The Hall–Kier alpha value is -1.92. The second kappa shape index (κ2) is 7.24. The van der Waals surface area contributed by atoms with Crippen LogP contribution in [0.4, 0.5) is 4.39 Å². The van der Waals surface area contributed by atoms with Crippen molar-refractivity contribution in [3.05, 3.63) is 47.0 Å². The summed E-state index contributed by atoms with van der Waals surface area (Å²) in [5.74, 6) is -0.420. The normalized spacial score (nSPS) is 25.7. The number of carbonyl (C=O) groups excluding carboxylic acids is 1. The molecule has 5 nitrogen and oxygen atoms in total. The van der Waals surface area contributed by atoms with E-state index in [1.54, 1.807) is 22.9 Å². The summed E-state index contributed by atoms with van der Waals surface area (Å²) in [5, 5.41) is 11.3. The molecule has 2 aromatic rings. The van der Waals surface area contributed by atoms with Crippen molar-refractivity contribution in [2.45, 2.75) is 63.1 Å². The number of fused-ring (bicyclic) bond motifs is 3. The van der Waals surface area contributed by atoms with E-state index in [0.29, 0.717) is 23.5 Å². The monoisotopic (exact) mass is 390 g/mol. The first-order valence-corrected chi connectivity index (χ1v) is 9.61. The number of nitrogens with one attached hydrogen (secondary N) is 2. The minimum absolute atomic E-state index is 0. The van der Waals surface area contributed by atoms with Crippen LogP contribution in [0.3, 0.4) is 0 Å². The van der Waals surface area contributed by atoms with Crippen LogP contribution in [0.25, 0.3) is 5.69 Å². The lowest BCUT2D eigenvalue weighted by molar-refractivity contribution is 0.0917. The molecule has 2 atom stereocenters. The van der Waals surface area contributed by atoms with E-state index in [0.717, 1.165) is 43.4 Å². The van der Waals surface area contributed by atoms with Crippen LogP contribution in [0.1, 0.15) is 53.8 Å². The van der Waals surface area contributed by atoms with Crippen molar-refractivity contribution in [2.75, 3.05) is 0 Å². The van der Waals surface area contributed by atoms with Gasteiger partial charge in [0.2, 0.25) is 0 Å². The molecule has 3 aliphatic rings. The number of piperidine rings is 1. The van der Waals surface area contributed by atoms with Crippen molar-refractivity contribution < 1.29 is 9.18 Å². The fourth-order valence-corrected chi connectivity index (χ4v) is 4.87. The highest BCUT2D eigenvalue weighted by Crippen LogP contribution is 2.30. The first-order chi connectivity index (χ1) is 12.7. The molecule has 2 bridgehead atoms. The predicted octanol–water partition coefficient (Wildman–Crippen LogP) is 2.93. The lowest BCUT2D eigenvalue weighted by Gasteiger charge is -2.29. The Labute approximate surface area is 164 Å². The summed E-state index contributed by atoms with van der Waals surface area (Å²) in [5.41, 5.74) is 2.87. The number of aromatic nitrogens is 2. The van der Waals surface area contributed by atoms with Crippen LogP contribution in [-0.2, 0) is 12.8 Å². The Morgan fingerprint density at radius 1 is 1.19 bits per heavy atom. The molecule has 1 aromatic carbocycles. The first-order valence-electron chi connectivity index (χ1n) is 9.61. The van der Waals surface area contributed by atoms with Crippen molar-refractivity contribution in [2.24, 2.45) is 0 Å². The van der Waals surface area contributed by atoms with Gasteiger partial charge in [0, 0.05) is 29.4 Å². The van der Waals surface area contributed by atoms with Gasteiger partial charge < -0.3 is 10.6 Å². The lowest BCUT2D eigenvalue weighted by Crippen LogP contribution is -2.48. The van der Waals surface area contributed by atoms with Gasteiger partial charge in [-0.3, -0.25) is 4.79 Å². The molecule has 2 N–H and O–H groups in total. The Kier molecular flexibility index (Phi) is 4.95. The van der Waals surface area contributed by atoms with E-state index >= 15 is 0 Å². The van der Waals surface area contributed by atoms with Crippen molar-refractivity contribution in [1.82, 2.24) is 20.4 Å². The molecule has 2 aliphatic heterocycles. The van der Waals surface area contributed by atoms with Crippen LogP contribution in [-0.4, -0.2) is 33.8 Å². The molecule has 2 saturated heterocycles. The first kappa shape index (κ1) is 18.4. The molecular weight excluding hydrogens is 367 g/mol.